The molecule has 2 N–H and O–H groups in total. The Kier molecular flexibility index (Phi) is 9.80. The van der Waals surface area contributed by atoms with E-state index in [-0.39, 0.29) is 35.4 Å². The zero-order valence-electron chi connectivity index (χ0n) is 25.7. The molecule has 1 heterocycles. The number of carbonyl (C=O) groups is 1. The average Bonchev–Trinajstić information content (AvgIpc) is 3.12. The monoisotopic (exact) mass is 641 g/mol. The van der Waals surface area contributed by atoms with Gasteiger partial charge >= 0.3 is 10.2 Å². The molecule has 0 aromatic heterocycles. The van der Waals surface area contributed by atoms with Crippen molar-refractivity contribution in [2.24, 2.45) is 11.8 Å². The van der Waals surface area contributed by atoms with E-state index in [2.05, 4.69) is 34.9 Å². The molecule has 1 saturated carbocycles. The second-order valence-electron chi connectivity index (χ2n) is 12.5. The SMILES string of the molecule is C=CC[C@@H](C)N(CC)S(=O)(=O)NC(=O)c1ccc2c(c1)N(C[C@@H]1CC[C@H]1[C@@H](O)C=C)C[C@@]1(CCCc3cc(Cl)ccc31)CO2. The van der Waals surface area contributed by atoms with Crippen LogP contribution in [-0.4, -0.2) is 62.1 Å². The highest BCUT2D eigenvalue weighted by molar-refractivity contribution is 7.87. The summed E-state index contributed by atoms with van der Waals surface area (Å²) < 4.78 is 36.5. The van der Waals surface area contributed by atoms with Gasteiger partial charge in [-0.3, -0.25) is 4.79 Å². The highest BCUT2D eigenvalue weighted by atomic mass is 35.5. The van der Waals surface area contributed by atoms with Gasteiger partial charge in [-0.15, -0.1) is 13.2 Å². The van der Waals surface area contributed by atoms with E-state index in [0.717, 1.165) is 42.8 Å². The van der Waals surface area contributed by atoms with Gasteiger partial charge in [-0.2, -0.15) is 12.7 Å². The van der Waals surface area contributed by atoms with Gasteiger partial charge in [-0.05, 0) is 98.7 Å². The molecule has 238 valence electrons. The van der Waals surface area contributed by atoms with Crippen LogP contribution in [0.3, 0.4) is 0 Å². The van der Waals surface area contributed by atoms with Crippen molar-refractivity contribution in [3.8, 4) is 5.75 Å². The second kappa shape index (κ2) is 13.3. The van der Waals surface area contributed by atoms with Gasteiger partial charge in [0.2, 0.25) is 0 Å². The maximum Gasteiger partial charge on any atom is 0.304 e. The normalized spacial score (nSPS) is 24.2. The number of ether oxygens (including phenoxy) is 1. The maximum absolute atomic E-state index is 13.4. The van der Waals surface area contributed by atoms with Gasteiger partial charge in [0.05, 0.1) is 18.4 Å². The van der Waals surface area contributed by atoms with E-state index in [4.69, 9.17) is 16.3 Å². The Morgan fingerprint density at radius 2 is 2.07 bits per heavy atom. The lowest BCUT2D eigenvalue weighted by atomic mass is 9.68. The second-order valence-corrected chi connectivity index (χ2v) is 14.6. The fraction of sp³-hybridized carbons (Fsp3) is 0.500. The first-order valence-electron chi connectivity index (χ1n) is 15.6. The van der Waals surface area contributed by atoms with Gasteiger partial charge in [0, 0.05) is 41.7 Å². The number of benzene rings is 2. The number of aryl methyl sites for hydroxylation is 1. The number of aliphatic hydroxyl groups excluding tert-OH is 1. The highest BCUT2D eigenvalue weighted by Gasteiger charge is 2.44. The van der Waals surface area contributed by atoms with Crippen LogP contribution in [-0.2, 0) is 22.0 Å². The summed E-state index contributed by atoms with van der Waals surface area (Å²) in [6.45, 7) is 13.1. The first kappa shape index (κ1) is 32.5. The highest BCUT2D eigenvalue weighted by Crippen LogP contribution is 2.46. The van der Waals surface area contributed by atoms with Gasteiger partial charge in [0.25, 0.3) is 5.91 Å². The van der Waals surface area contributed by atoms with Crippen molar-refractivity contribution < 1.29 is 23.1 Å². The minimum atomic E-state index is -4.08. The molecule has 5 atom stereocenters. The smallest absolute Gasteiger partial charge is 0.304 e. The molecule has 0 bridgehead atoms. The number of fused-ring (bicyclic) bond motifs is 3. The van der Waals surface area contributed by atoms with E-state index >= 15 is 0 Å². The van der Waals surface area contributed by atoms with Crippen molar-refractivity contribution in [1.82, 2.24) is 9.03 Å². The van der Waals surface area contributed by atoms with Crippen molar-refractivity contribution in [2.45, 2.75) is 69.9 Å². The van der Waals surface area contributed by atoms with Crippen LogP contribution in [0.5, 0.6) is 5.75 Å². The zero-order chi connectivity index (χ0) is 31.6. The summed E-state index contributed by atoms with van der Waals surface area (Å²) in [6, 6.07) is 10.9. The number of aliphatic hydroxyl groups is 1. The standard InChI is InChI=1S/C34H44ClN3O5S/c1-5-9-23(4)38(7-3)44(41,42)36-33(40)25-12-16-32-30(19-25)37(20-26-11-14-28(26)31(39)6-2)21-34(22-43-32)17-8-10-24-18-27(35)13-15-29(24)34/h5-6,12-13,15-16,18-19,23,26,28,31,39H,1-2,7-11,14,17,20-22H2,3-4H3,(H,36,40)/t23-,26+,28-,31+,34+/m1/s1. The molecule has 1 aliphatic heterocycles. The average molecular weight is 642 g/mol. The predicted octanol–water partition coefficient (Wildman–Crippen LogP) is 5.65. The lowest BCUT2D eigenvalue weighted by molar-refractivity contribution is 0.0460. The van der Waals surface area contributed by atoms with E-state index in [1.54, 1.807) is 44.2 Å². The van der Waals surface area contributed by atoms with Gasteiger partial charge in [-0.1, -0.05) is 36.7 Å². The molecule has 5 rings (SSSR count). The minimum absolute atomic E-state index is 0.114. The van der Waals surface area contributed by atoms with E-state index < -0.39 is 22.2 Å². The first-order valence-corrected chi connectivity index (χ1v) is 17.4. The molecular formula is C34H44ClN3O5S. The Bertz CT molecular complexity index is 1510. The summed E-state index contributed by atoms with van der Waals surface area (Å²) in [5, 5.41) is 11.3. The lowest BCUT2D eigenvalue weighted by Crippen LogP contribution is -2.49. The van der Waals surface area contributed by atoms with Crippen LogP contribution in [0.2, 0.25) is 5.02 Å². The number of amides is 1. The summed E-state index contributed by atoms with van der Waals surface area (Å²) in [5.74, 6) is 0.304. The molecule has 8 nitrogen and oxygen atoms in total. The Hall–Kier alpha value is -2.85. The van der Waals surface area contributed by atoms with Crippen molar-refractivity contribution in [3.05, 3.63) is 83.4 Å². The fourth-order valence-corrected chi connectivity index (χ4v) is 8.86. The van der Waals surface area contributed by atoms with Crippen molar-refractivity contribution >= 4 is 33.4 Å². The molecule has 1 amide bonds. The van der Waals surface area contributed by atoms with Crippen LogP contribution >= 0.6 is 11.6 Å². The Morgan fingerprint density at radius 1 is 1.27 bits per heavy atom. The molecule has 2 aliphatic carbocycles. The van der Waals surface area contributed by atoms with E-state index in [1.807, 2.05) is 6.07 Å². The molecule has 1 fully saturated rings. The van der Waals surface area contributed by atoms with Crippen molar-refractivity contribution in [1.29, 1.82) is 0 Å². The molecule has 0 radical (unpaired) electrons. The van der Waals surface area contributed by atoms with Gasteiger partial charge in [-0.25, -0.2) is 4.72 Å². The molecule has 44 heavy (non-hydrogen) atoms. The number of hydrogen-bond donors (Lipinski definition) is 2. The molecule has 0 saturated heterocycles. The zero-order valence-corrected chi connectivity index (χ0v) is 27.2. The predicted molar refractivity (Wildman–Crippen MR) is 176 cm³/mol. The summed E-state index contributed by atoms with van der Waals surface area (Å²) >= 11 is 6.39. The third kappa shape index (κ3) is 6.43. The third-order valence-corrected chi connectivity index (χ3v) is 11.7. The van der Waals surface area contributed by atoms with Crippen LogP contribution in [0.25, 0.3) is 0 Å². The van der Waals surface area contributed by atoms with Crippen LogP contribution in [0.4, 0.5) is 5.69 Å². The van der Waals surface area contributed by atoms with Gasteiger partial charge in [0.15, 0.2) is 0 Å². The minimum Gasteiger partial charge on any atom is -0.490 e. The number of hydrogen-bond acceptors (Lipinski definition) is 6. The Labute approximate surface area is 266 Å². The summed E-state index contributed by atoms with van der Waals surface area (Å²) in [4.78, 5) is 15.7. The number of halogens is 1. The van der Waals surface area contributed by atoms with Gasteiger partial charge in [0.1, 0.15) is 5.75 Å². The van der Waals surface area contributed by atoms with Crippen molar-refractivity contribution in [3.63, 3.8) is 0 Å². The molecular weight excluding hydrogens is 598 g/mol. The number of rotatable bonds is 11. The maximum atomic E-state index is 13.4. The number of carbonyl (C=O) groups excluding carboxylic acids is 1. The van der Waals surface area contributed by atoms with Crippen LogP contribution < -0.4 is 14.4 Å². The number of nitrogens with zero attached hydrogens (tertiary/aromatic N) is 2. The summed E-state index contributed by atoms with van der Waals surface area (Å²) in [7, 11) is -4.08. The molecule has 1 spiro atoms. The number of anilines is 1. The van der Waals surface area contributed by atoms with Crippen LogP contribution in [0, 0.1) is 11.8 Å². The lowest BCUT2D eigenvalue weighted by Gasteiger charge is -2.45. The van der Waals surface area contributed by atoms with E-state index in [0.29, 0.717) is 31.9 Å². The van der Waals surface area contributed by atoms with Crippen LogP contribution in [0.15, 0.2) is 61.7 Å². The topological polar surface area (TPSA) is 99.2 Å². The molecule has 3 aliphatic rings. The molecule has 10 heteroatoms. The molecule has 0 unspecified atom stereocenters. The largest absolute Gasteiger partial charge is 0.490 e. The van der Waals surface area contributed by atoms with Crippen LogP contribution in [0.1, 0.15) is 67.4 Å². The summed E-state index contributed by atoms with van der Waals surface area (Å²) in [6.07, 6.45) is 7.98. The first-order chi connectivity index (χ1) is 21.0. The summed E-state index contributed by atoms with van der Waals surface area (Å²) in [5.41, 5.74) is 3.16. The Morgan fingerprint density at radius 3 is 2.75 bits per heavy atom. The molecule has 2 aromatic rings. The number of nitrogens with one attached hydrogen (secondary N) is 1. The Balaban J connectivity index is 1.49. The fourth-order valence-electron chi connectivity index (χ4n) is 7.30. The van der Waals surface area contributed by atoms with E-state index in [1.165, 1.54) is 15.4 Å². The van der Waals surface area contributed by atoms with E-state index in [9.17, 15) is 18.3 Å². The van der Waals surface area contributed by atoms with Crippen molar-refractivity contribution in [2.75, 3.05) is 31.1 Å². The third-order valence-electron chi connectivity index (χ3n) is 9.75. The quantitative estimate of drug-likeness (QED) is 0.308. The molecule has 2 aromatic carbocycles. The van der Waals surface area contributed by atoms with Gasteiger partial charge < -0.3 is 14.7 Å².